The number of nitrogens with zero attached hydrogens (tertiary/aromatic N) is 3. The highest BCUT2D eigenvalue weighted by atomic mass is 35.5. The number of esters is 1. The van der Waals surface area contributed by atoms with E-state index in [1.54, 1.807) is 42.2 Å². The molecule has 10 heteroatoms. The summed E-state index contributed by atoms with van der Waals surface area (Å²) in [7, 11) is 0. The van der Waals surface area contributed by atoms with Gasteiger partial charge in [-0.2, -0.15) is 0 Å². The highest BCUT2D eigenvalue weighted by Gasteiger charge is 2.51. The maximum absolute atomic E-state index is 13.7. The lowest BCUT2D eigenvalue weighted by Crippen LogP contribution is -2.45. The van der Waals surface area contributed by atoms with Crippen LogP contribution in [0.4, 0.5) is 0 Å². The quantitative estimate of drug-likeness (QED) is 0.286. The second-order valence-corrected chi connectivity index (χ2v) is 11.7. The number of aromatic nitrogens is 2. The van der Waals surface area contributed by atoms with Gasteiger partial charge in [0.05, 0.1) is 6.61 Å². The number of aryl methyl sites for hydroxylation is 1. The van der Waals surface area contributed by atoms with Gasteiger partial charge < -0.3 is 24.0 Å². The van der Waals surface area contributed by atoms with Crippen LogP contribution in [-0.2, 0) is 20.7 Å². The number of hydrogen-bond donors (Lipinski definition) is 1. The Morgan fingerprint density at radius 1 is 1.12 bits per heavy atom. The second kappa shape index (κ2) is 11.6. The number of H-pyrrole nitrogens is 1. The minimum Gasteiger partial charge on any atom is -0.464 e. The van der Waals surface area contributed by atoms with E-state index in [1.165, 1.54) is 0 Å². The van der Waals surface area contributed by atoms with Crippen LogP contribution in [0, 0.1) is 5.41 Å². The normalized spacial score (nSPS) is 18.1. The van der Waals surface area contributed by atoms with Gasteiger partial charge in [-0.1, -0.05) is 47.1 Å². The van der Waals surface area contributed by atoms with Gasteiger partial charge in [-0.25, -0.2) is 4.79 Å². The number of piperidine rings is 1. The molecule has 1 atom stereocenters. The first-order chi connectivity index (χ1) is 20.4. The number of fused-ring (bicyclic) bond motifs is 1. The maximum Gasteiger partial charge on any atom is 0.328 e. The number of carbonyl (C=O) groups excluding carboxylic acids is 3. The van der Waals surface area contributed by atoms with Gasteiger partial charge in [0.15, 0.2) is 0 Å². The first kappa shape index (κ1) is 28.0. The highest BCUT2D eigenvalue weighted by molar-refractivity contribution is 6.30. The van der Waals surface area contributed by atoms with E-state index in [4.69, 9.17) is 20.9 Å². The average molecular weight is 589 g/mol. The van der Waals surface area contributed by atoms with Crippen molar-refractivity contribution in [3.05, 3.63) is 77.1 Å². The van der Waals surface area contributed by atoms with Gasteiger partial charge >= 0.3 is 5.97 Å². The van der Waals surface area contributed by atoms with Gasteiger partial charge in [0, 0.05) is 59.8 Å². The average Bonchev–Trinajstić information content (AvgIpc) is 3.75. The van der Waals surface area contributed by atoms with Gasteiger partial charge in [0.2, 0.25) is 11.7 Å². The molecule has 9 nitrogen and oxygen atoms in total. The minimum absolute atomic E-state index is 0.0659. The zero-order valence-corrected chi connectivity index (χ0v) is 24.2. The van der Waals surface area contributed by atoms with E-state index in [-0.39, 0.29) is 23.7 Å². The van der Waals surface area contributed by atoms with E-state index in [0.29, 0.717) is 62.5 Å². The Bertz CT molecular complexity index is 1600. The summed E-state index contributed by atoms with van der Waals surface area (Å²) in [6.45, 7) is 3.56. The fourth-order valence-corrected chi connectivity index (χ4v) is 6.45. The second-order valence-electron chi connectivity index (χ2n) is 11.2. The smallest absolute Gasteiger partial charge is 0.328 e. The molecule has 4 aromatic rings. The fourth-order valence-electron chi connectivity index (χ4n) is 6.32. The largest absolute Gasteiger partial charge is 0.464 e. The number of hydrogen-bond acceptors (Lipinski definition) is 6. The van der Waals surface area contributed by atoms with E-state index in [2.05, 4.69) is 16.2 Å². The molecule has 2 amide bonds. The third-order valence-electron chi connectivity index (χ3n) is 8.65. The SMILES string of the molecule is CCOC(=O)C1CC2(CCN(C(=O)CCc3c[nH]c4ccccc34)CC2)CN1C(=O)c1cc(-c2ccc(Cl)cc2)no1. The lowest BCUT2D eigenvalue weighted by molar-refractivity contribution is -0.147. The molecule has 2 fully saturated rings. The Kier molecular flexibility index (Phi) is 7.77. The van der Waals surface area contributed by atoms with Crippen LogP contribution >= 0.6 is 11.6 Å². The number of rotatable bonds is 7. The Balaban J connectivity index is 1.12. The van der Waals surface area contributed by atoms with Crippen molar-refractivity contribution in [2.24, 2.45) is 5.41 Å². The predicted molar refractivity (Wildman–Crippen MR) is 158 cm³/mol. The Hall–Kier alpha value is -4.11. The van der Waals surface area contributed by atoms with Crippen molar-refractivity contribution < 1.29 is 23.6 Å². The lowest BCUT2D eigenvalue weighted by atomic mass is 9.76. The molecule has 0 aliphatic carbocycles. The van der Waals surface area contributed by atoms with Gasteiger partial charge in [-0.15, -0.1) is 0 Å². The number of amides is 2. The van der Waals surface area contributed by atoms with Crippen molar-refractivity contribution in [1.82, 2.24) is 19.9 Å². The van der Waals surface area contributed by atoms with Crippen LogP contribution in [0.15, 0.2) is 65.3 Å². The third-order valence-corrected chi connectivity index (χ3v) is 8.90. The molecule has 2 aliphatic rings. The zero-order valence-electron chi connectivity index (χ0n) is 23.5. The molecule has 1 spiro atoms. The van der Waals surface area contributed by atoms with Crippen molar-refractivity contribution >= 4 is 40.3 Å². The van der Waals surface area contributed by atoms with Gasteiger partial charge in [0.1, 0.15) is 11.7 Å². The summed E-state index contributed by atoms with van der Waals surface area (Å²) in [5, 5.41) is 5.82. The zero-order chi connectivity index (χ0) is 29.3. The van der Waals surface area contributed by atoms with Gasteiger partial charge in [-0.05, 0) is 61.8 Å². The molecule has 4 heterocycles. The topological polar surface area (TPSA) is 109 Å². The van der Waals surface area contributed by atoms with Crippen LogP contribution in [0.25, 0.3) is 22.2 Å². The molecule has 2 saturated heterocycles. The summed E-state index contributed by atoms with van der Waals surface area (Å²) < 4.78 is 10.8. The minimum atomic E-state index is -0.717. The number of nitrogens with one attached hydrogen (secondary N) is 1. The first-order valence-electron chi connectivity index (χ1n) is 14.4. The predicted octanol–water partition coefficient (Wildman–Crippen LogP) is 5.50. The van der Waals surface area contributed by atoms with Crippen LogP contribution in [-0.4, -0.2) is 70.0 Å². The summed E-state index contributed by atoms with van der Waals surface area (Å²) >= 11 is 5.99. The summed E-state index contributed by atoms with van der Waals surface area (Å²) in [5.74, 6) is -0.622. The number of ether oxygens (including phenoxy) is 1. The number of likely N-dealkylation sites (tertiary alicyclic amines) is 2. The number of benzene rings is 2. The summed E-state index contributed by atoms with van der Waals surface area (Å²) in [6.07, 6.45) is 5.00. The summed E-state index contributed by atoms with van der Waals surface area (Å²) in [5.41, 5.74) is 3.21. The van der Waals surface area contributed by atoms with Crippen LogP contribution in [0.1, 0.15) is 48.7 Å². The molecule has 6 rings (SSSR count). The molecular weight excluding hydrogens is 556 g/mol. The molecule has 0 bridgehead atoms. The molecule has 0 saturated carbocycles. The Morgan fingerprint density at radius 2 is 1.88 bits per heavy atom. The fraction of sp³-hybridized carbons (Fsp3) is 0.375. The molecule has 218 valence electrons. The van der Waals surface area contributed by atoms with E-state index >= 15 is 0 Å². The monoisotopic (exact) mass is 588 g/mol. The third kappa shape index (κ3) is 5.53. The number of carbonyl (C=O) groups is 3. The van der Waals surface area contributed by atoms with E-state index in [0.717, 1.165) is 22.0 Å². The standard InChI is InChI=1S/C32H33ClN4O5/c1-2-41-31(40)27-18-32(20-37(27)30(39)28-17-26(35-42-28)21-7-10-23(33)11-8-21)13-15-36(16-14-32)29(38)12-9-22-19-34-25-6-4-3-5-24(22)25/h3-8,10-11,17,19,27,34H,2,9,12-16,18,20H2,1H3. The highest BCUT2D eigenvalue weighted by Crippen LogP contribution is 2.44. The number of halogens is 1. The van der Waals surface area contributed by atoms with E-state index in [1.807, 2.05) is 29.3 Å². The Morgan fingerprint density at radius 3 is 2.64 bits per heavy atom. The van der Waals surface area contributed by atoms with Crippen LogP contribution < -0.4 is 0 Å². The van der Waals surface area contributed by atoms with Crippen molar-refractivity contribution in [3.8, 4) is 11.3 Å². The van der Waals surface area contributed by atoms with Crippen molar-refractivity contribution in [2.75, 3.05) is 26.2 Å². The van der Waals surface area contributed by atoms with Crippen LogP contribution in [0.2, 0.25) is 5.02 Å². The van der Waals surface area contributed by atoms with Crippen molar-refractivity contribution in [2.45, 2.75) is 45.1 Å². The van der Waals surface area contributed by atoms with Crippen LogP contribution in [0.5, 0.6) is 0 Å². The number of para-hydroxylation sites is 1. The number of aromatic amines is 1. The van der Waals surface area contributed by atoms with E-state index < -0.39 is 17.9 Å². The van der Waals surface area contributed by atoms with Gasteiger partial charge in [0.25, 0.3) is 5.91 Å². The van der Waals surface area contributed by atoms with Crippen LogP contribution in [0.3, 0.4) is 0 Å². The summed E-state index contributed by atoms with van der Waals surface area (Å²) in [6, 6.07) is 16.1. The van der Waals surface area contributed by atoms with E-state index in [9.17, 15) is 14.4 Å². The molecule has 2 aromatic heterocycles. The van der Waals surface area contributed by atoms with Crippen molar-refractivity contribution in [3.63, 3.8) is 0 Å². The maximum atomic E-state index is 13.7. The van der Waals surface area contributed by atoms with Crippen molar-refractivity contribution in [1.29, 1.82) is 0 Å². The lowest BCUT2D eigenvalue weighted by Gasteiger charge is -2.39. The molecule has 2 aliphatic heterocycles. The summed E-state index contributed by atoms with van der Waals surface area (Å²) in [4.78, 5) is 46.5. The molecule has 42 heavy (non-hydrogen) atoms. The first-order valence-corrected chi connectivity index (χ1v) is 14.8. The molecular formula is C32H33ClN4O5. The Labute approximate surface area is 248 Å². The van der Waals surface area contributed by atoms with Gasteiger partial charge in [-0.3, -0.25) is 9.59 Å². The molecule has 1 N–H and O–H groups in total. The molecule has 0 radical (unpaired) electrons. The molecule has 1 unspecified atom stereocenters. The molecule has 2 aromatic carbocycles.